The van der Waals surface area contributed by atoms with Gasteiger partial charge in [-0.05, 0) is 38.5 Å². The number of allylic oxidation sites excluding steroid dienone is 2. The van der Waals surface area contributed by atoms with E-state index in [2.05, 4.69) is 31.3 Å². The Balaban J connectivity index is 1.54. The molecule has 0 saturated carbocycles. The Hall–Kier alpha value is -1.27. The number of carbonyl (C=O) groups is 1. The van der Waals surface area contributed by atoms with Crippen molar-refractivity contribution in [3.8, 4) is 0 Å². The number of rotatable bonds is 46. The molecule has 2 rings (SSSR count). The van der Waals surface area contributed by atoms with Crippen LogP contribution in [0.25, 0.3) is 0 Å². The number of amides is 1. The van der Waals surface area contributed by atoms with Crippen molar-refractivity contribution in [2.75, 3.05) is 19.8 Å². The lowest BCUT2D eigenvalue weighted by atomic mass is 9.97. The summed E-state index contributed by atoms with van der Waals surface area (Å²) >= 11 is 0. The Kier molecular flexibility index (Phi) is 39.9. The van der Waals surface area contributed by atoms with Crippen LogP contribution in [0.2, 0.25) is 0 Å². The summed E-state index contributed by atoms with van der Waals surface area (Å²) in [5, 5.41) is 86.5. The van der Waals surface area contributed by atoms with Crippen LogP contribution in [0.3, 0.4) is 0 Å². The van der Waals surface area contributed by atoms with Crippen LogP contribution in [0, 0.1) is 0 Å². The van der Waals surface area contributed by atoms with Gasteiger partial charge in [-0.1, -0.05) is 212 Å². The second-order valence-electron chi connectivity index (χ2n) is 20.8. The van der Waals surface area contributed by atoms with E-state index in [9.17, 15) is 45.6 Å². The van der Waals surface area contributed by atoms with Gasteiger partial charge in [-0.15, -0.1) is 0 Å². The SMILES string of the molecule is CCCCCCCCCC/C=C\CCCCCCCCCCCCCCCCCCCCCC(=O)NC(COC1OC(CO)C(OC2OC(CO)C(O)C(O)C2O)C(O)C1O)C(O)CCCCCCC. The van der Waals surface area contributed by atoms with Gasteiger partial charge in [-0.25, -0.2) is 0 Å². The van der Waals surface area contributed by atoms with Gasteiger partial charge in [-0.2, -0.15) is 0 Å². The van der Waals surface area contributed by atoms with Crippen LogP contribution in [0.5, 0.6) is 0 Å². The Morgan fingerprint density at radius 2 is 0.900 bits per heavy atom. The maximum absolute atomic E-state index is 13.1. The van der Waals surface area contributed by atoms with Crippen LogP contribution in [-0.2, 0) is 23.7 Å². The molecule has 2 fully saturated rings. The maximum atomic E-state index is 13.1. The predicted octanol–water partition coefficient (Wildman–Crippen LogP) is 9.11. The zero-order valence-electron chi connectivity index (χ0n) is 44.3. The lowest BCUT2D eigenvalue weighted by Gasteiger charge is -2.46. The van der Waals surface area contributed by atoms with Crippen LogP contribution < -0.4 is 5.32 Å². The standard InChI is InChI=1S/C56H107NO13/c1-3-5-7-9-10-11-12-13-14-15-16-17-18-19-20-21-22-23-24-25-26-27-28-29-30-31-32-33-34-36-38-40-48(61)57-44(45(60)39-37-35-8-6-4-2)43-67-55-53(66)51(64)54(47(42-59)69-55)70-56-52(65)50(63)49(62)46(41-58)68-56/h15-16,44-47,49-56,58-60,62-66H,3-14,17-43H2,1-2H3,(H,57,61)/b16-15-. The fourth-order valence-corrected chi connectivity index (χ4v) is 9.76. The van der Waals surface area contributed by atoms with Crippen molar-refractivity contribution in [3.63, 3.8) is 0 Å². The minimum atomic E-state index is -1.78. The molecule has 14 heteroatoms. The molecule has 12 atom stereocenters. The highest BCUT2D eigenvalue weighted by atomic mass is 16.7. The number of hydrogen-bond donors (Lipinski definition) is 9. The number of unbranched alkanes of at least 4 members (excludes halogenated alkanes) is 31. The molecule has 70 heavy (non-hydrogen) atoms. The van der Waals surface area contributed by atoms with E-state index in [-0.39, 0.29) is 12.5 Å². The fourth-order valence-electron chi connectivity index (χ4n) is 9.76. The molecule has 14 nitrogen and oxygen atoms in total. The average molecular weight is 1000 g/mol. The Labute approximate surface area is 425 Å². The first-order chi connectivity index (χ1) is 34.1. The second-order valence-corrected chi connectivity index (χ2v) is 20.8. The molecule has 9 N–H and O–H groups in total. The van der Waals surface area contributed by atoms with Gasteiger partial charge in [0.1, 0.15) is 48.8 Å². The van der Waals surface area contributed by atoms with E-state index >= 15 is 0 Å². The van der Waals surface area contributed by atoms with Crippen LogP contribution >= 0.6 is 0 Å². The van der Waals surface area contributed by atoms with Gasteiger partial charge < -0.3 is 65.1 Å². The van der Waals surface area contributed by atoms with Crippen LogP contribution in [0.15, 0.2) is 12.2 Å². The highest BCUT2D eigenvalue weighted by Gasteiger charge is 2.51. The lowest BCUT2D eigenvalue weighted by Crippen LogP contribution is -2.65. The molecule has 0 aliphatic carbocycles. The summed E-state index contributed by atoms with van der Waals surface area (Å²) < 4.78 is 22.6. The van der Waals surface area contributed by atoms with Crippen LogP contribution in [0.1, 0.15) is 245 Å². The van der Waals surface area contributed by atoms with Crippen molar-refractivity contribution in [3.05, 3.63) is 12.2 Å². The summed E-state index contributed by atoms with van der Waals surface area (Å²) in [5.74, 6) is -0.210. The minimum absolute atomic E-state index is 0.210. The van der Waals surface area contributed by atoms with Gasteiger partial charge >= 0.3 is 0 Å². The molecule has 0 radical (unpaired) electrons. The summed E-state index contributed by atoms with van der Waals surface area (Å²) in [5.41, 5.74) is 0. The molecule has 0 aromatic carbocycles. The third-order valence-corrected chi connectivity index (χ3v) is 14.5. The molecule has 0 aromatic rings. The van der Waals surface area contributed by atoms with Gasteiger partial charge in [0.2, 0.25) is 5.91 Å². The second kappa shape index (κ2) is 43.0. The molecule has 2 aliphatic rings. The molecular formula is C56H107NO13. The Bertz CT molecular complexity index is 1230. The van der Waals surface area contributed by atoms with Gasteiger partial charge in [-0.3, -0.25) is 4.79 Å². The van der Waals surface area contributed by atoms with Crippen molar-refractivity contribution in [1.82, 2.24) is 5.32 Å². The predicted molar refractivity (Wildman–Crippen MR) is 277 cm³/mol. The van der Waals surface area contributed by atoms with E-state index in [4.69, 9.17) is 18.9 Å². The van der Waals surface area contributed by atoms with Gasteiger partial charge in [0, 0.05) is 6.42 Å². The van der Waals surface area contributed by atoms with E-state index in [0.717, 1.165) is 57.8 Å². The summed E-state index contributed by atoms with van der Waals surface area (Å²) in [6.07, 6.45) is 31.7. The monoisotopic (exact) mass is 1000 g/mol. The molecule has 0 aromatic heterocycles. The van der Waals surface area contributed by atoms with E-state index in [1.54, 1.807) is 0 Å². The zero-order chi connectivity index (χ0) is 51.0. The first kappa shape index (κ1) is 64.8. The number of hydrogen-bond acceptors (Lipinski definition) is 13. The van der Waals surface area contributed by atoms with Crippen molar-refractivity contribution in [2.24, 2.45) is 0 Å². The highest BCUT2D eigenvalue weighted by molar-refractivity contribution is 5.76. The molecule has 0 spiro atoms. The average Bonchev–Trinajstić information content (AvgIpc) is 3.36. The highest BCUT2D eigenvalue weighted by Crippen LogP contribution is 2.30. The maximum Gasteiger partial charge on any atom is 0.220 e. The molecule has 414 valence electrons. The summed E-state index contributed by atoms with van der Waals surface area (Å²) in [4.78, 5) is 13.1. The minimum Gasteiger partial charge on any atom is -0.394 e. The van der Waals surface area contributed by atoms with Crippen molar-refractivity contribution in [1.29, 1.82) is 0 Å². The summed E-state index contributed by atoms with van der Waals surface area (Å²) in [7, 11) is 0. The quantitative estimate of drug-likeness (QED) is 0.0205. The molecule has 0 bridgehead atoms. The van der Waals surface area contributed by atoms with Crippen molar-refractivity contribution < 1.29 is 64.6 Å². The van der Waals surface area contributed by atoms with E-state index in [1.165, 1.54) is 161 Å². The van der Waals surface area contributed by atoms with Crippen molar-refractivity contribution in [2.45, 2.75) is 319 Å². The molecule has 2 saturated heterocycles. The fraction of sp³-hybridized carbons (Fsp3) is 0.946. The van der Waals surface area contributed by atoms with Crippen LogP contribution in [0.4, 0.5) is 0 Å². The Morgan fingerprint density at radius 1 is 0.500 bits per heavy atom. The van der Waals surface area contributed by atoms with E-state index < -0.39 is 86.8 Å². The van der Waals surface area contributed by atoms with E-state index in [0.29, 0.717) is 12.8 Å². The first-order valence-corrected chi connectivity index (χ1v) is 28.9. The Morgan fingerprint density at radius 3 is 1.36 bits per heavy atom. The van der Waals surface area contributed by atoms with Gasteiger partial charge in [0.25, 0.3) is 0 Å². The largest absolute Gasteiger partial charge is 0.394 e. The topological polar surface area (TPSA) is 228 Å². The molecule has 12 unspecified atom stereocenters. The molecule has 1 amide bonds. The van der Waals surface area contributed by atoms with E-state index in [1.807, 2.05) is 0 Å². The third kappa shape index (κ3) is 29.0. The number of aliphatic hydroxyl groups excluding tert-OH is 8. The normalized spacial score (nSPS) is 26.0. The van der Waals surface area contributed by atoms with Crippen LogP contribution in [-0.4, -0.2) is 140 Å². The lowest BCUT2D eigenvalue weighted by molar-refractivity contribution is -0.359. The number of aliphatic hydroxyl groups is 8. The molecule has 2 heterocycles. The van der Waals surface area contributed by atoms with Crippen molar-refractivity contribution >= 4 is 5.91 Å². The molecule has 2 aliphatic heterocycles. The number of carbonyl (C=O) groups excluding carboxylic acids is 1. The third-order valence-electron chi connectivity index (χ3n) is 14.5. The molecular weight excluding hydrogens is 895 g/mol. The zero-order valence-corrected chi connectivity index (χ0v) is 44.3. The summed E-state index contributed by atoms with van der Waals surface area (Å²) in [6, 6.07) is -0.820. The van der Waals surface area contributed by atoms with Gasteiger partial charge in [0.15, 0.2) is 12.6 Å². The number of nitrogens with one attached hydrogen (secondary N) is 1. The number of ether oxygens (including phenoxy) is 4. The smallest absolute Gasteiger partial charge is 0.220 e. The van der Waals surface area contributed by atoms with Gasteiger partial charge in [0.05, 0.1) is 32.0 Å². The first-order valence-electron chi connectivity index (χ1n) is 28.9. The summed E-state index contributed by atoms with van der Waals surface area (Å²) in [6.45, 7) is 2.77.